The third-order valence-corrected chi connectivity index (χ3v) is 2.72. The van der Waals surface area contributed by atoms with Crippen LogP contribution in [0.25, 0.3) is 0 Å². The van der Waals surface area contributed by atoms with Crippen molar-refractivity contribution in [3.63, 3.8) is 0 Å². The minimum Gasteiger partial charge on any atom is -0.313 e. The van der Waals surface area contributed by atoms with Crippen LogP contribution in [0.2, 0.25) is 0 Å². The Kier molecular flexibility index (Phi) is 29.6. The van der Waals surface area contributed by atoms with Crippen molar-refractivity contribution >= 4 is 5.78 Å². The van der Waals surface area contributed by atoms with Crippen molar-refractivity contribution < 1.29 is 4.79 Å². The number of carbonyl (C=O) groups excluding carboxylic acids is 1. The monoisotopic (exact) mass is 321 g/mol. The van der Waals surface area contributed by atoms with Crippen LogP contribution in [-0.4, -0.2) is 19.4 Å². The number of terminal acetylenes is 1. The summed E-state index contributed by atoms with van der Waals surface area (Å²) < 4.78 is 0. The molecular formula is C21H39NO. The fraction of sp³-hybridized carbons (Fsp3) is 0.667. The zero-order chi connectivity index (χ0) is 18.3. The van der Waals surface area contributed by atoms with Gasteiger partial charge >= 0.3 is 0 Å². The average Bonchev–Trinajstić information content (AvgIpc) is 2.52. The first-order valence-corrected chi connectivity index (χ1v) is 8.92. The van der Waals surface area contributed by atoms with E-state index in [1.807, 2.05) is 12.2 Å². The summed E-state index contributed by atoms with van der Waals surface area (Å²) in [6, 6.07) is 0. The van der Waals surface area contributed by atoms with E-state index in [0.717, 1.165) is 19.3 Å². The standard InChI is InChI=1S/C9H15NO.C9H16.C3H8/c1-3-4-5-6-7-9(11)8-10-2;1-4-6-8-9(3)7-5-2;1-3-2/h1,10H,4-8H2,2H3;4,6,8-9H,1,5,7H2,2-3H3;3H2,1-2H3/b;8-6+;. The molecule has 23 heavy (non-hydrogen) atoms. The summed E-state index contributed by atoms with van der Waals surface area (Å²) in [5.41, 5.74) is 0. The Bertz CT molecular complexity index is 312. The molecule has 0 aromatic rings. The van der Waals surface area contributed by atoms with E-state index in [1.54, 1.807) is 7.05 Å². The van der Waals surface area contributed by atoms with Gasteiger partial charge in [0, 0.05) is 12.8 Å². The second-order valence-corrected chi connectivity index (χ2v) is 5.57. The maximum Gasteiger partial charge on any atom is 0.146 e. The molecule has 0 bridgehead atoms. The van der Waals surface area contributed by atoms with Gasteiger partial charge in [-0.25, -0.2) is 0 Å². The first-order valence-electron chi connectivity index (χ1n) is 8.92. The highest BCUT2D eigenvalue weighted by molar-refractivity contribution is 5.80. The van der Waals surface area contributed by atoms with Crippen molar-refractivity contribution in [3.05, 3.63) is 24.8 Å². The Labute approximate surface area is 145 Å². The molecule has 0 aliphatic rings. The highest BCUT2D eigenvalue weighted by atomic mass is 16.1. The second kappa shape index (κ2) is 25.6. The van der Waals surface area contributed by atoms with Crippen LogP contribution in [0, 0.1) is 18.3 Å². The molecule has 0 aromatic carbocycles. The molecule has 0 radical (unpaired) electrons. The number of likely N-dealkylation sites (N-methyl/N-ethyl adjacent to an activating group) is 1. The SMILES string of the molecule is C#CCCCCC(=O)CNC.C=C/C=C/C(C)CCC.CCC. The Morgan fingerprint density at radius 2 is 1.91 bits per heavy atom. The van der Waals surface area contributed by atoms with E-state index >= 15 is 0 Å². The number of nitrogens with one attached hydrogen (secondary N) is 1. The van der Waals surface area contributed by atoms with E-state index in [1.165, 1.54) is 19.3 Å². The van der Waals surface area contributed by atoms with Crippen LogP contribution in [0.1, 0.15) is 72.6 Å². The zero-order valence-electron chi connectivity index (χ0n) is 16.2. The Hall–Kier alpha value is -1.33. The van der Waals surface area contributed by atoms with E-state index in [-0.39, 0.29) is 5.78 Å². The molecule has 2 heteroatoms. The fourth-order valence-electron chi connectivity index (χ4n) is 1.65. The first-order chi connectivity index (χ1) is 11.0. The number of hydrogen-bond donors (Lipinski definition) is 1. The van der Waals surface area contributed by atoms with Crippen LogP contribution in [0.4, 0.5) is 0 Å². The van der Waals surface area contributed by atoms with Crippen LogP contribution in [-0.2, 0) is 4.79 Å². The average molecular weight is 322 g/mol. The zero-order valence-corrected chi connectivity index (χ0v) is 16.2. The van der Waals surface area contributed by atoms with Crippen LogP contribution >= 0.6 is 0 Å². The lowest BCUT2D eigenvalue weighted by Crippen LogP contribution is -2.17. The van der Waals surface area contributed by atoms with Crippen LogP contribution in [0.3, 0.4) is 0 Å². The molecular weight excluding hydrogens is 282 g/mol. The summed E-state index contributed by atoms with van der Waals surface area (Å²) in [6.07, 6.45) is 18.2. The Balaban J connectivity index is -0.000000301. The van der Waals surface area contributed by atoms with Gasteiger partial charge in [0.2, 0.25) is 0 Å². The summed E-state index contributed by atoms with van der Waals surface area (Å²) >= 11 is 0. The lowest BCUT2D eigenvalue weighted by molar-refractivity contribution is -0.118. The van der Waals surface area contributed by atoms with Crippen LogP contribution in [0.15, 0.2) is 24.8 Å². The molecule has 0 spiro atoms. The molecule has 0 aliphatic carbocycles. The predicted molar refractivity (Wildman–Crippen MR) is 106 cm³/mol. The van der Waals surface area contributed by atoms with Gasteiger partial charge in [-0.2, -0.15) is 0 Å². The van der Waals surface area contributed by atoms with Gasteiger partial charge in [-0.05, 0) is 32.2 Å². The summed E-state index contributed by atoms with van der Waals surface area (Å²) in [5.74, 6) is 3.53. The Morgan fingerprint density at radius 1 is 1.30 bits per heavy atom. The number of unbranched alkanes of at least 4 members (excludes halogenated alkanes) is 2. The van der Waals surface area contributed by atoms with E-state index in [2.05, 4.69) is 51.6 Å². The molecule has 0 saturated heterocycles. The van der Waals surface area contributed by atoms with Gasteiger partial charge in [-0.15, -0.1) is 12.3 Å². The van der Waals surface area contributed by atoms with Crippen molar-refractivity contribution in [3.8, 4) is 12.3 Å². The van der Waals surface area contributed by atoms with E-state index in [0.29, 0.717) is 18.9 Å². The van der Waals surface area contributed by atoms with Crippen molar-refractivity contribution in [1.29, 1.82) is 0 Å². The van der Waals surface area contributed by atoms with Crippen molar-refractivity contribution in [2.45, 2.75) is 72.6 Å². The van der Waals surface area contributed by atoms with E-state index in [9.17, 15) is 4.79 Å². The maximum atomic E-state index is 10.9. The van der Waals surface area contributed by atoms with Gasteiger partial charge in [-0.3, -0.25) is 4.79 Å². The van der Waals surface area contributed by atoms with Crippen molar-refractivity contribution in [1.82, 2.24) is 5.32 Å². The van der Waals surface area contributed by atoms with Crippen LogP contribution < -0.4 is 5.32 Å². The maximum absolute atomic E-state index is 10.9. The Morgan fingerprint density at radius 3 is 2.35 bits per heavy atom. The van der Waals surface area contributed by atoms with Gasteiger partial charge in [0.15, 0.2) is 0 Å². The van der Waals surface area contributed by atoms with Gasteiger partial charge in [0.25, 0.3) is 0 Å². The van der Waals surface area contributed by atoms with Crippen molar-refractivity contribution in [2.75, 3.05) is 13.6 Å². The molecule has 1 unspecified atom stereocenters. The smallest absolute Gasteiger partial charge is 0.146 e. The van der Waals surface area contributed by atoms with Gasteiger partial charge in [0.05, 0.1) is 6.54 Å². The van der Waals surface area contributed by atoms with E-state index in [4.69, 9.17) is 6.42 Å². The molecule has 2 nitrogen and oxygen atoms in total. The number of ketones is 1. The number of hydrogen-bond acceptors (Lipinski definition) is 2. The third kappa shape index (κ3) is 33.5. The molecule has 0 aromatic heterocycles. The van der Waals surface area contributed by atoms with Crippen LogP contribution in [0.5, 0.6) is 0 Å². The van der Waals surface area contributed by atoms with E-state index < -0.39 is 0 Å². The topological polar surface area (TPSA) is 29.1 Å². The molecule has 0 aliphatic heterocycles. The highest BCUT2D eigenvalue weighted by Crippen LogP contribution is 2.05. The van der Waals surface area contributed by atoms with Crippen molar-refractivity contribution in [2.24, 2.45) is 5.92 Å². The normalized spacial score (nSPS) is 10.6. The molecule has 0 saturated carbocycles. The molecule has 1 N–H and O–H groups in total. The molecule has 1 atom stereocenters. The number of allylic oxidation sites excluding steroid dienone is 3. The first kappa shape index (κ1) is 26.6. The minimum atomic E-state index is 0.268. The number of carbonyl (C=O) groups is 1. The lowest BCUT2D eigenvalue weighted by Gasteiger charge is -1.99. The second-order valence-electron chi connectivity index (χ2n) is 5.57. The quantitative estimate of drug-likeness (QED) is 0.325. The predicted octanol–water partition coefficient (Wildman–Crippen LogP) is 5.55. The fourth-order valence-corrected chi connectivity index (χ4v) is 1.65. The molecule has 0 amide bonds. The number of rotatable bonds is 10. The molecule has 0 fully saturated rings. The van der Waals surface area contributed by atoms with Gasteiger partial charge < -0.3 is 5.32 Å². The molecule has 0 heterocycles. The summed E-state index contributed by atoms with van der Waals surface area (Å²) in [7, 11) is 1.78. The largest absolute Gasteiger partial charge is 0.313 e. The molecule has 134 valence electrons. The van der Waals surface area contributed by atoms with Gasteiger partial charge in [-0.1, -0.05) is 65.3 Å². The summed E-state index contributed by atoms with van der Waals surface area (Å²) in [5, 5.41) is 2.82. The summed E-state index contributed by atoms with van der Waals surface area (Å²) in [4.78, 5) is 10.9. The third-order valence-electron chi connectivity index (χ3n) is 2.72. The highest BCUT2D eigenvalue weighted by Gasteiger charge is 1.97. The molecule has 0 rings (SSSR count). The number of Topliss-reactive ketones (excluding diaryl/α,β-unsaturated/α-hetero) is 1. The summed E-state index contributed by atoms with van der Waals surface area (Å²) in [6.45, 7) is 12.8. The minimum absolute atomic E-state index is 0.268. The van der Waals surface area contributed by atoms with Gasteiger partial charge in [0.1, 0.15) is 5.78 Å². The lowest BCUT2D eigenvalue weighted by atomic mass is 10.1.